The summed E-state index contributed by atoms with van der Waals surface area (Å²) in [7, 11) is 1.53. The van der Waals surface area contributed by atoms with Gasteiger partial charge < -0.3 is 20.5 Å². The van der Waals surface area contributed by atoms with Crippen LogP contribution >= 0.6 is 0 Å². The van der Waals surface area contributed by atoms with E-state index in [0.717, 1.165) is 19.4 Å². The van der Waals surface area contributed by atoms with Crippen LogP contribution in [0.15, 0.2) is 0 Å². The third kappa shape index (κ3) is 2.19. The second-order valence-electron chi connectivity index (χ2n) is 5.43. The van der Waals surface area contributed by atoms with Crippen molar-refractivity contribution in [3.8, 4) is 0 Å². The Balaban J connectivity index is 1.94. The van der Waals surface area contributed by atoms with Gasteiger partial charge in [-0.3, -0.25) is 4.79 Å². The number of fused-ring (bicyclic) bond motifs is 1. The van der Waals surface area contributed by atoms with Crippen molar-refractivity contribution in [2.45, 2.75) is 50.5 Å². The van der Waals surface area contributed by atoms with Crippen molar-refractivity contribution in [3.63, 3.8) is 0 Å². The number of hydrogen-bond acceptors (Lipinski definition) is 4. The summed E-state index contributed by atoms with van der Waals surface area (Å²) >= 11 is 0. The molecule has 17 heavy (non-hydrogen) atoms. The fraction of sp³-hybridized carbons (Fsp3) is 0.917. The molecule has 0 aromatic rings. The van der Waals surface area contributed by atoms with Crippen LogP contribution in [-0.4, -0.2) is 43.4 Å². The summed E-state index contributed by atoms with van der Waals surface area (Å²) in [4.78, 5) is 12.0. The van der Waals surface area contributed by atoms with Crippen molar-refractivity contribution in [1.29, 1.82) is 0 Å². The molecule has 2 aliphatic rings. The van der Waals surface area contributed by atoms with Gasteiger partial charge >= 0.3 is 0 Å². The molecule has 1 saturated carbocycles. The molecule has 0 aromatic heterocycles. The highest BCUT2D eigenvalue weighted by Crippen LogP contribution is 2.37. The summed E-state index contributed by atoms with van der Waals surface area (Å²) in [6.45, 7) is 4.26. The molecule has 0 aromatic carbocycles. The Labute approximate surface area is 102 Å². The van der Waals surface area contributed by atoms with Gasteiger partial charge in [-0.2, -0.15) is 0 Å². The van der Waals surface area contributed by atoms with Crippen molar-refractivity contribution in [1.82, 2.24) is 5.32 Å². The van der Waals surface area contributed by atoms with Gasteiger partial charge in [0.2, 0.25) is 0 Å². The van der Waals surface area contributed by atoms with Crippen molar-refractivity contribution in [3.05, 3.63) is 0 Å². The van der Waals surface area contributed by atoms with E-state index in [2.05, 4.69) is 5.32 Å². The van der Waals surface area contributed by atoms with Gasteiger partial charge in [0.05, 0.1) is 12.1 Å². The molecule has 1 heterocycles. The number of carbonyl (C=O) groups excluding carboxylic acids is 1. The first kappa shape index (κ1) is 12.8. The van der Waals surface area contributed by atoms with Gasteiger partial charge in [-0.15, -0.1) is 0 Å². The minimum Gasteiger partial charge on any atom is -0.376 e. The highest BCUT2D eigenvalue weighted by atomic mass is 16.5. The van der Waals surface area contributed by atoms with E-state index in [1.54, 1.807) is 13.8 Å². The number of carbonyl (C=O) groups is 1. The van der Waals surface area contributed by atoms with Gasteiger partial charge in [0.25, 0.3) is 5.91 Å². The topological polar surface area (TPSA) is 73.6 Å². The third-order valence-corrected chi connectivity index (χ3v) is 4.03. The van der Waals surface area contributed by atoms with Gasteiger partial charge in [-0.25, -0.2) is 0 Å². The molecule has 3 N–H and O–H groups in total. The van der Waals surface area contributed by atoms with Crippen molar-refractivity contribution in [2.75, 3.05) is 13.7 Å². The van der Waals surface area contributed by atoms with Crippen LogP contribution in [0.3, 0.4) is 0 Å². The summed E-state index contributed by atoms with van der Waals surface area (Å²) in [6.07, 6.45) is 2.26. The molecular weight excluding hydrogens is 220 g/mol. The first-order chi connectivity index (χ1) is 7.97. The lowest BCUT2D eigenvalue weighted by Gasteiger charge is -2.52. The molecule has 0 spiro atoms. The molecular formula is C12H22N2O3. The molecule has 1 saturated heterocycles. The molecule has 4 atom stereocenters. The lowest BCUT2D eigenvalue weighted by atomic mass is 9.68. The number of ether oxygens (including phenoxy) is 2. The highest BCUT2D eigenvalue weighted by Gasteiger charge is 2.51. The molecule has 1 aliphatic carbocycles. The summed E-state index contributed by atoms with van der Waals surface area (Å²) in [5, 5.41) is 2.94. The number of hydrogen-bond donors (Lipinski definition) is 2. The van der Waals surface area contributed by atoms with Gasteiger partial charge in [-0.05, 0) is 26.7 Å². The van der Waals surface area contributed by atoms with Crippen molar-refractivity contribution >= 4 is 5.91 Å². The Hall–Kier alpha value is -0.650. The van der Waals surface area contributed by atoms with E-state index in [1.807, 2.05) is 0 Å². The average Bonchev–Trinajstić information content (AvgIpc) is 2.34. The number of amides is 1. The van der Waals surface area contributed by atoms with E-state index in [-0.39, 0.29) is 24.1 Å². The van der Waals surface area contributed by atoms with E-state index in [4.69, 9.17) is 15.2 Å². The molecule has 2 rings (SSSR count). The SMILES string of the molecule is COC(C)(C)C(=O)NC1C(N)C2CCCOC21. The minimum absolute atomic E-state index is 0.0110. The smallest absolute Gasteiger partial charge is 0.252 e. The van der Waals surface area contributed by atoms with Crippen LogP contribution < -0.4 is 11.1 Å². The number of nitrogens with one attached hydrogen (secondary N) is 1. The molecule has 0 bridgehead atoms. The fourth-order valence-corrected chi connectivity index (χ4v) is 2.54. The lowest BCUT2D eigenvalue weighted by molar-refractivity contribution is -0.152. The maximum Gasteiger partial charge on any atom is 0.252 e. The van der Waals surface area contributed by atoms with E-state index >= 15 is 0 Å². The quantitative estimate of drug-likeness (QED) is 0.732. The largest absolute Gasteiger partial charge is 0.376 e. The molecule has 5 heteroatoms. The zero-order valence-corrected chi connectivity index (χ0v) is 10.7. The Bertz CT molecular complexity index is 306. The summed E-state index contributed by atoms with van der Waals surface area (Å²) in [6, 6.07) is -0.0564. The van der Waals surface area contributed by atoms with Crippen LogP contribution in [0.4, 0.5) is 0 Å². The Morgan fingerprint density at radius 2 is 2.24 bits per heavy atom. The molecule has 0 radical (unpaired) electrons. The van der Waals surface area contributed by atoms with Gasteiger partial charge in [-0.1, -0.05) is 0 Å². The van der Waals surface area contributed by atoms with Gasteiger partial charge in [0.1, 0.15) is 5.60 Å². The van der Waals surface area contributed by atoms with Crippen LogP contribution in [0.25, 0.3) is 0 Å². The minimum atomic E-state index is -0.820. The zero-order chi connectivity index (χ0) is 12.6. The number of methoxy groups -OCH3 is 1. The number of rotatable bonds is 3. The van der Waals surface area contributed by atoms with Gasteiger partial charge in [0.15, 0.2) is 0 Å². The molecule has 5 nitrogen and oxygen atoms in total. The van der Waals surface area contributed by atoms with Gasteiger partial charge in [0, 0.05) is 25.7 Å². The average molecular weight is 242 g/mol. The Kier molecular flexibility index (Phi) is 3.43. The second-order valence-corrected chi connectivity index (χ2v) is 5.43. The van der Waals surface area contributed by atoms with E-state index in [9.17, 15) is 4.79 Å². The Morgan fingerprint density at radius 3 is 2.88 bits per heavy atom. The van der Waals surface area contributed by atoms with Crippen molar-refractivity contribution < 1.29 is 14.3 Å². The molecule has 1 amide bonds. The van der Waals surface area contributed by atoms with Crippen molar-refractivity contribution in [2.24, 2.45) is 11.7 Å². The fourth-order valence-electron chi connectivity index (χ4n) is 2.54. The van der Waals surface area contributed by atoms with Crippen LogP contribution in [-0.2, 0) is 14.3 Å². The Morgan fingerprint density at radius 1 is 1.53 bits per heavy atom. The first-order valence-corrected chi connectivity index (χ1v) is 6.20. The van der Waals surface area contributed by atoms with Crippen LogP contribution in [0, 0.1) is 5.92 Å². The second kappa shape index (κ2) is 4.55. The van der Waals surface area contributed by atoms with E-state index < -0.39 is 5.60 Å². The van der Waals surface area contributed by atoms with E-state index in [1.165, 1.54) is 7.11 Å². The molecule has 98 valence electrons. The monoisotopic (exact) mass is 242 g/mol. The third-order valence-electron chi connectivity index (χ3n) is 4.03. The normalized spacial score (nSPS) is 36.9. The highest BCUT2D eigenvalue weighted by molar-refractivity contribution is 5.84. The predicted molar refractivity (Wildman–Crippen MR) is 63.5 cm³/mol. The lowest BCUT2D eigenvalue weighted by Crippen LogP contribution is -2.73. The molecule has 2 fully saturated rings. The number of nitrogens with two attached hydrogens (primary N) is 1. The predicted octanol–water partition coefficient (Wildman–Crippen LogP) is 0.0323. The summed E-state index contributed by atoms with van der Waals surface area (Å²) < 4.78 is 10.8. The summed E-state index contributed by atoms with van der Waals surface area (Å²) in [5.41, 5.74) is 5.25. The van der Waals surface area contributed by atoms with E-state index in [0.29, 0.717) is 5.92 Å². The zero-order valence-electron chi connectivity index (χ0n) is 10.7. The molecule has 1 aliphatic heterocycles. The molecule has 4 unspecified atom stereocenters. The van der Waals surface area contributed by atoms with Crippen LogP contribution in [0.1, 0.15) is 26.7 Å². The maximum atomic E-state index is 12.0. The summed E-state index contributed by atoms with van der Waals surface area (Å²) in [5.74, 6) is 0.271. The van der Waals surface area contributed by atoms with Crippen LogP contribution in [0.5, 0.6) is 0 Å². The standard InChI is InChI=1S/C12H22N2O3/c1-12(2,16-3)11(15)14-9-8(13)7-5-4-6-17-10(7)9/h7-10H,4-6,13H2,1-3H3,(H,14,15). The van der Waals surface area contributed by atoms with Crippen LogP contribution in [0.2, 0.25) is 0 Å². The first-order valence-electron chi connectivity index (χ1n) is 6.20. The maximum absolute atomic E-state index is 12.0.